The van der Waals surface area contributed by atoms with Crippen LogP contribution < -0.4 is 9.46 Å². The van der Waals surface area contributed by atoms with Crippen LogP contribution in [0, 0.1) is 12.8 Å². The lowest BCUT2D eigenvalue weighted by Crippen LogP contribution is -2.48. The second-order valence-electron chi connectivity index (χ2n) is 7.36. The van der Waals surface area contributed by atoms with E-state index >= 15 is 0 Å². The van der Waals surface area contributed by atoms with E-state index < -0.39 is 10.0 Å². The van der Waals surface area contributed by atoms with Crippen molar-refractivity contribution in [3.8, 4) is 11.4 Å². The number of aromatic nitrogens is 2. The molecule has 2 unspecified atom stereocenters. The molecule has 8 heteroatoms. The Morgan fingerprint density at radius 3 is 2.70 bits per heavy atom. The van der Waals surface area contributed by atoms with Gasteiger partial charge in [0, 0.05) is 24.8 Å². The third-order valence-corrected chi connectivity index (χ3v) is 7.01. The average molecular weight is 391 g/mol. The maximum absolute atomic E-state index is 12.3. The summed E-state index contributed by atoms with van der Waals surface area (Å²) in [6, 6.07) is 7.58. The van der Waals surface area contributed by atoms with Gasteiger partial charge in [-0.3, -0.25) is 0 Å². The van der Waals surface area contributed by atoms with E-state index in [2.05, 4.69) is 9.82 Å². The number of hydrogen-bond donors (Lipinski definition) is 1. The Morgan fingerprint density at radius 2 is 2.04 bits per heavy atom. The minimum Gasteiger partial charge on any atom is -0.493 e. The molecular weight excluding hydrogens is 366 g/mol. The second-order valence-corrected chi connectivity index (χ2v) is 9.35. The monoisotopic (exact) mass is 391 g/mol. The lowest BCUT2D eigenvalue weighted by Gasteiger charge is -2.31. The standard InChI is InChI=1S/C19H25N3O4S/c1-14-10-20-22(11-14)16-2-4-17(5-3-16)26-13-15-12-25-9-8-19(15)21-27(23,24)18-6-7-18/h2-5,10-11,15,18-19,21H,6-9,12-13H2,1H3. The summed E-state index contributed by atoms with van der Waals surface area (Å²) in [6.45, 7) is 3.49. The van der Waals surface area contributed by atoms with E-state index in [0.29, 0.717) is 26.2 Å². The Balaban J connectivity index is 1.36. The van der Waals surface area contributed by atoms with Crippen LogP contribution in [0.4, 0.5) is 0 Å². The zero-order chi connectivity index (χ0) is 18.9. The highest BCUT2D eigenvalue weighted by Crippen LogP contribution is 2.29. The van der Waals surface area contributed by atoms with Gasteiger partial charge in [0.1, 0.15) is 5.75 Å². The first-order chi connectivity index (χ1) is 13.0. The maximum atomic E-state index is 12.3. The summed E-state index contributed by atoms with van der Waals surface area (Å²) < 4.78 is 40.7. The maximum Gasteiger partial charge on any atom is 0.214 e. The molecule has 1 aromatic heterocycles. The van der Waals surface area contributed by atoms with Crippen molar-refractivity contribution in [2.45, 2.75) is 37.5 Å². The molecule has 1 aliphatic heterocycles. The normalized spacial score (nSPS) is 23.3. The molecule has 2 aromatic rings. The van der Waals surface area contributed by atoms with Gasteiger partial charge >= 0.3 is 0 Å². The SMILES string of the molecule is Cc1cnn(-c2ccc(OCC3COCCC3NS(=O)(=O)C3CC3)cc2)c1. The molecule has 1 aliphatic carbocycles. The number of hydrogen-bond acceptors (Lipinski definition) is 5. The summed E-state index contributed by atoms with van der Waals surface area (Å²) in [7, 11) is -3.21. The van der Waals surface area contributed by atoms with Crippen LogP contribution in [-0.2, 0) is 14.8 Å². The van der Waals surface area contributed by atoms with Crippen molar-refractivity contribution < 1.29 is 17.9 Å². The van der Waals surface area contributed by atoms with Crippen LogP contribution in [0.15, 0.2) is 36.7 Å². The molecule has 4 rings (SSSR count). The first kappa shape index (κ1) is 18.5. The quantitative estimate of drug-likeness (QED) is 0.781. The fourth-order valence-electron chi connectivity index (χ4n) is 3.25. The fraction of sp³-hybridized carbons (Fsp3) is 0.526. The van der Waals surface area contributed by atoms with E-state index in [9.17, 15) is 8.42 Å². The third-order valence-electron chi connectivity index (χ3n) is 5.03. The lowest BCUT2D eigenvalue weighted by atomic mass is 9.98. The van der Waals surface area contributed by atoms with E-state index in [4.69, 9.17) is 9.47 Å². The Labute approximate surface area is 159 Å². The van der Waals surface area contributed by atoms with Gasteiger partial charge in [0.05, 0.1) is 30.3 Å². The fourth-order valence-corrected chi connectivity index (χ4v) is 4.94. The Kier molecular flexibility index (Phi) is 5.21. The molecule has 7 nitrogen and oxygen atoms in total. The van der Waals surface area contributed by atoms with Crippen LogP contribution in [0.5, 0.6) is 5.75 Å². The molecule has 27 heavy (non-hydrogen) atoms. The predicted octanol–water partition coefficient (Wildman–Crippen LogP) is 2.05. The van der Waals surface area contributed by atoms with Crippen LogP contribution in [0.3, 0.4) is 0 Å². The molecule has 2 atom stereocenters. The number of nitrogens with zero attached hydrogens (tertiary/aromatic N) is 2. The highest BCUT2D eigenvalue weighted by molar-refractivity contribution is 7.90. The number of benzene rings is 1. The molecular formula is C19H25N3O4S. The van der Waals surface area contributed by atoms with Gasteiger partial charge < -0.3 is 9.47 Å². The van der Waals surface area contributed by atoms with Gasteiger partial charge in [-0.25, -0.2) is 17.8 Å². The minimum atomic E-state index is -3.21. The smallest absolute Gasteiger partial charge is 0.214 e. The number of sulfonamides is 1. The number of aryl methyl sites for hydroxylation is 1. The third kappa shape index (κ3) is 4.51. The van der Waals surface area contributed by atoms with Crippen molar-refractivity contribution in [2.75, 3.05) is 19.8 Å². The molecule has 2 aliphatic rings. The molecule has 1 saturated heterocycles. The molecule has 0 radical (unpaired) electrons. The van der Waals surface area contributed by atoms with Crippen molar-refractivity contribution in [2.24, 2.45) is 5.92 Å². The second kappa shape index (κ2) is 7.61. The summed E-state index contributed by atoms with van der Waals surface area (Å²) in [5.41, 5.74) is 2.07. The van der Waals surface area contributed by atoms with Crippen molar-refractivity contribution in [1.82, 2.24) is 14.5 Å². The van der Waals surface area contributed by atoms with E-state index in [1.54, 1.807) is 0 Å². The predicted molar refractivity (Wildman–Crippen MR) is 102 cm³/mol. The van der Waals surface area contributed by atoms with E-state index in [0.717, 1.165) is 29.8 Å². The van der Waals surface area contributed by atoms with Gasteiger partial charge in [-0.2, -0.15) is 5.10 Å². The van der Waals surface area contributed by atoms with Crippen molar-refractivity contribution in [1.29, 1.82) is 0 Å². The van der Waals surface area contributed by atoms with E-state index in [-0.39, 0.29) is 17.2 Å². The molecule has 0 bridgehead atoms. The van der Waals surface area contributed by atoms with Crippen LogP contribution in [0.25, 0.3) is 5.69 Å². The summed E-state index contributed by atoms with van der Waals surface area (Å²) in [4.78, 5) is 0. The van der Waals surface area contributed by atoms with Crippen molar-refractivity contribution in [3.05, 3.63) is 42.2 Å². The topological polar surface area (TPSA) is 82.4 Å². The first-order valence-electron chi connectivity index (χ1n) is 9.35. The van der Waals surface area contributed by atoms with Gasteiger partial charge in [0.2, 0.25) is 10.0 Å². The summed E-state index contributed by atoms with van der Waals surface area (Å²) >= 11 is 0. The van der Waals surface area contributed by atoms with Crippen LogP contribution >= 0.6 is 0 Å². The van der Waals surface area contributed by atoms with E-state index in [1.807, 2.05) is 48.3 Å². The van der Waals surface area contributed by atoms with Gasteiger partial charge in [0.25, 0.3) is 0 Å². The molecule has 1 saturated carbocycles. The zero-order valence-electron chi connectivity index (χ0n) is 15.4. The van der Waals surface area contributed by atoms with Crippen LogP contribution in [0.2, 0.25) is 0 Å². The highest BCUT2D eigenvalue weighted by atomic mass is 32.2. The number of rotatable bonds is 7. The Hall–Kier alpha value is -1.90. The molecule has 0 spiro atoms. The molecule has 2 fully saturated rings. The summed E-state index contributed by atoms with van der Waals surface area (Å²) in [5, 5.41) is 4.08. The Bertz CT molecular complexity index is 875. The van der Waals surface area contributed by atoms with Gasteiger partial charge in [0.15, 0.2) is 0 Å². The van der Waals surface area contributed by atoms with Gasteiger partial charge in [-0.1, -0.05) is 0 Å². The van der Waals surface area contributed by atoms with Gasteiger partial charge in [-0.15, -0.1) is 0 Å². The molecule has 0 amide bonds. The van der Waals surface area contributed by atoms with E-state index in [1.165, 1.54) is 0 Å². The number of nitrogens with one attached hydrogen (secondary N) is 1. The largest absolute Gasteiger partial charge is 0.493 e. The molecule has 146 valence electrons. The first-order valence-corrected chi connectivity index (χ1v) is 10.9. The summed E-state index contributed by atoms with van der Waals surface area (Å²) in [5.74, 6) is 0.748. The van der Waals surface area contributed by atoms with Crippen molar-refractivity contribution in [3.63, 3.8) is 0 Å². The zero-order valence-corrected chi connectivity index (χ0v) is 16.2. The molecule has 2 heterocycles. The van der Waals surface area contributed by atoms with Crippen LogP contribution in [0.1, 0.15) is 24.8 Å². The van der Waals surface area contributed by atoms with Crippen LogP contribution in [-0.4, -0.2) is 49.3 Å². The number of ether oxygens (including phenoxy) is 2. The van der Waals surface area contributed by atoms with Gasteiger partial charge in [-0.05, 0) is 56.0 Å². The highest BCUT2D eigenvalue weighted by Gasteiger charge is 2.39. The molecule has 1 aromatic carbocycles. The molecule has 1 N–H and O–H groups in total. The average Bonchev–Trinajstić information content (AvgIpc) is 3.44. The summed E-state index contributed by atoms with van der Waals surface area (Å²) in [6.07, 6.45) is 5.99. The Morgan fingerprint density at radius 1 is 1.26 bits per heavy atom. The van der Waals surface area contributed by atoms with Crippen molar-refractivity contribution >= 4 is 10.0 Å². The lowest BCUT2D eigenvalue weighted by molar-refractivity contribution is 0.0186. The minimum absolute atomic E-state index is 0.000663.